The lowest BCUT2D eigenvalue weighted by molar-refractivity contribution is -0.384. The molecule has 1 aromatic heterocycles. The lowest BCUT2D eigenvalue weighted by atomic mass is 10.3. The standard InChI is InChI=1S/C10H8BrN3O3S/c11-8-3-7(14(16)17)1-2-9(8)12-4-6-5-18-10(15)13-6/h1-3,5,12H,4H2,(H,13,15). The number of thiazole rings is 1. The SMILES string of the molecule is O=c1[nH]c(CNc2ccc([N+](=O)[O-])cc2Br)cs1. The van der Waals surface area contributed by atoms with Gasteiger partial charge in [0.15, 0.2) is 0 Å². The maximum Gasteiger partial charge on any atom is 0.304 e. The van der Waals surface area contributed by atoms with E-state index >= 15 is 0 Å². The van der Waals surface area contributed by atoms with E-state index in [4.69, 9.17) is 0 Å². The molecule has 0 unspecified atom stereocenters. The molecule has 0 bridgehead atoms. The lowest BCUT2D eigenvalue weighted by Crippen LogP contribution is -2.03. The van der Waals surface area contributed by atoms with Gasteiger partial charge in [0.25, 0.3) is 5.69 Å². The van der Waals surface area contributed by atoms with Crippen LogP contribution in [0.1, 0.15) is 5.69 Å². The summed E-state index contributed by atoms with van der Waals surface area (Å²) in [4.78, 5) is 23.6. The van der Waals surface area contributed by atoms with Crippen LogP contribution in [0.5, 0.6) is 0 Å². The van der Waals surface area contributed by atoms with Crippen LogP contribution in [0.25, 0.3) is 0 Å². The highest BCUT2D eigenvalue weighted by Gasteiger charge is 2.08. The van der Waals surface area contributed by atoms with Crippen LogP contribution in [0, 0.1) is 10.1 Å². The first-order chi connectivity index (χ1) is 8.56. The summed E-state index contributed by atoms with van der Waals surface area (Å²) in [5.41, 5.74) is 1.53. The molecule has 0 spiro atoms. The largest absolute Gasteiger partial charge is 0.379 e. The molecule has 6 nitrogen and oxygen atoms in total. The van der Waals surface area contributed by atoms with Crippen molar-refractivity contribution in [3.8, 4) is 0 Å². The number of rotatable bonds is 4. The first-order valence-corrected chi connectivity index (χ1v) is 6.58. The minimum atomic E-state index is -0.453. The van der Waals surface area contributed by atoms with Gasteiger partial charge in [0.1, 0.15) is 0 Å². The fourth-order valence-corrected chi connectivity index (χ4v) is 2.44. The van der Waals surface area contributed by atoms with Crippen molar-refractivity contribution in [2.45, 2.75) is 6.54 Å². The summed E-state index contributed by atoms with van der Waals surface area (Å²) in [6, 6.07) is 4.47. The highest BCUT2D eigenvalue weighted by Crippen LogP contribution is 2.27. The number of aromatic nitrogens is 1. The Labute approximate surface area is 114 Å². The smallest absolute Gasteiger partial charge is 0.304 e. The summed E-state index contributed by atoms with van der Waals surface area (Å²) in [5, 5.41) is 15.4. The van der Waals surface area contributed by atoms with E-state index in [-0.39, 0.29) is 10.6 Å². The van der Waals surface area contributed by atoms with E-state index in [2.05, 4.69) is 26.2 Å². The molecule has 1 heterocycles. The van der Waals surface area contributed by atoms with E-state index in [1.165, 1.54) is 12.1 Å². The number of hydrogen-bond acceptors (Lipinski definition) is 5. The number of aromatic amines is 1. The van der Waals surface area contributed by atoms with Gasteiger partial charge in [-0.05, 0) is 22.0 Å². The molecule has 0 saturated heterocycles. The Bertz CT molecular complexity index is 637. The Morgan fingerprint density at radius 1 is 1.50 bits per heavy atom. The summed E-state index contributed by atoms with van der Waals surface area (Å²) in [6.45, 7) is 0.454. The molecule has 0 aliphatic carbocycles. The van der Waals surface area contributed by atoms with Crippen LogP contribution in [0.3, 0.4) is 0 Å². The zero-order chi connectivity index (χ0) is 13.1. The first kappa shape index (κ1) is 12.8. The van der Waals surface area contributed by atoms with Crippen molar-refractivity contribution in [3.63, 3.8) is 0 Å². The maximum absolute atomic E-state index is 10.9. The summed E-state index contributed by atoms with van der Waals surface area (Å²) in [7, 11) is 0. The molecule has 2 rings (SSSR count). The Kier molecular flexibility index (Phi) is 3.78. The predicted octanol–water partition coefficient (Wildman–Crippen LogP) is 2.72. The predicted molar refractivity (Wildman–Crippen MR) is 73.1 cm³/mol. The number of nitro benzene ring substituents is 1. The zero-order valence-electron chi connectivity index (χ0n) is 8.97. The number of nitrogens with zero attached hydrogens (tertiary/aromatic N) is 1. The van der Waals surface area contributed by atoms with Crippen molar-refractivity contribution >= 4 is 38.6 Å². The Hall–Kier alpha value is -1.67. The van der Waals surface area contributed by atoms with E-state index in [0.717, 1.165) is 22.7 Å². The van der Waals surface area contributed by atoms with Crippen molar-refractivity contribution in [1.82, 2.24) is 4.98 Å². The number of halogens is 1. The van der Waals surface area contributed by atoms with Gasteiger partial charge in [0.2, 0.25) is 0 Å². The molecule has 0 fully saturated rings. The molecule has 1 aromatic carbocycles. The summed E-state index contributed by atoms with van der Waals surface area (Å²) >= 11 is 4.36. The van der Waals surface area contributed by atoms with Crippen molar-refractivity contribution in [2.24, 2.45) is 0 Å². The van der Waals surface area contributed by atoms with Gasteiger partial charge < -0.3 is 10.3 Å². The quantitative estimate of drug-likeness (QED) is 0.666. The van der Waals surface area contributed by atoms with Crippen LogP contribution in [0.15, 0.2) is 32.8 Å². The monoisotopic (exact) mass is 329 g/mol. The number of hydrogen-bond donors (Lipinski definition) is 2. The van der Waals surface area contributed by atoms with Crippen molar-refractivity contribution in [3.05, 3.63) is 53.5 Å². The highest BCUT2D eigenvalue weighted by molar-refractivity contribution is 9.10. The number of H-pyrrole nitrogens is 1. The van der Waals surface area contributed by atoms with Crippen LogP contribution in [-0.4, -0.2) is 9.91 Å². The van der Waals surface area contributed by atoms with Gasteiger partial charge in [0, 0.05) is 33.4 Å². The molecule has 94 valence electrons. The average molecular weight is 330 g/mol. The fourth-order valence-electron chi connectivity index (χ4n) is 1.35. The van der Waals surface area contributed by atoms with Gasteiger partial charge in [0.05, 0.1) is 11.5 Å². The Morgan fingerprint density at radius 2 is 2.28 bits per heavy atom. The number of nitrogens with one attached hydrogen (secondary N) is 2. The van der Waals surface area contributed by atoms with Crippen LogP contribution in [0.2, 0.25) is 0 Å². The van der Waals surface area contributed by atoms with Crippen LogP contribution in [-0.2, 0) is 6.54 Å². The fraction of sp³-hybridized carbons (Fsp3) is 0.100. The molecule has 0 atom stereocenters. The van der Waals surface area contributed by atoms with Gasteiger partial charge in [-0.2, -0.15) is 0 Å². The van der Waals surface area contributed by atoms with Gasteiger partial charge in [-0.15, -0.1) is 0 Å². The summed E-state index contributed by atoms with van der Waals surface area (Å²) in [6.07, 6.45) is 0. The second-order valence-electron chi connectivity index (χ2n) is 3.45. The van der Waals surface area contributed by atoms with Crippen LogP contribution < -0.4 is 10.2 Å². The molecule has 0 amide bonds. The minimum Gasteiger partial charge on any atom is -0.379 e. The second kappa shape index (κ2) is 5.32. The summed E-state index contributed by atoms with van der Waals surface area (Å²) < 4.78 is 0.606. The Morgan fingerprint density at radius 3 is 2.83 bits per heavy atom. The van der Waals surface area contributed by atoms with Crippen LogP contribution >= 0.6 is 27.3 Å². The molecule has 0 saturated carbocycles. The molecule has 0 aliphatic heterocycles. The highest BCUT2D eigenvalue weighted by atomic mass is 79.9. The van der Waals surface area contributed by atoms with Crippen LogP contribution in [0.4, 0.5) is 11.4 Å². The molecular weight excluding hydrogens is 322 g/mol. The average Bonchev–Trinajstić information content (AvgIpc) is 2.73. The van der Waals surface area contributed by atoms with E-state index < -0.39 is 4.92 Å². The molecule has 0 radical (unpaired) electrons. The number of benzene rings is 1. The Balaban J connectivity index is 2.10. The van der Waals surface area contributed by atoms with Crippen molar-refractivity contribution < 1.29 is 4.92 Å². The number of nitro groups is 1. The van der Waals surface area contributed by atoms with E-state index in [1.54, 1.807) is 11.4 Å². The van der Waals surface area contributed by atoms with Gasteiger partial charge in [-0.25, -0.2) is 0 Å². The third-order valence-electron chi connectivity index (χ3n) is 2.20. The third kappa shape index (κ3) is 2.96. The second-order valence-corrected chi connectivity index (χ2v) is 5.14. The van der Waals surface area contributed by atoms with Gasteiger partial charge in [-0.1, -0.05) is 11.3 Å². The third-order valence-corrected chi connectivity index (χ3v) is 3.58. The zero-order valence-corrected chi connectivity index (χ0v) is 11.4. The minimum absolute atomic E-state index is 0.0244. The van der Waals surface area contributed by atoms with Crippen molar-refractivity contribution in [1.29, 1.82) is 0 Å². The molecule has 18 heavy (non-hydrogen) atoms. The molecule has 0 aliphatic rings. The first-order valence-electron chi connectivity index (χ1n) is 4.91. The maximum atomic E-state index is 10.9. The summed E-state index contributed by atoms with van der Waals surface area (Å²) in [5.74, 6) is 0. The molecule has 2 aromatic rings. The normalized spacial score (nSPS) is 10.3. The van der Waals surface area contributed by atoms with E-state index in [0.29, 0.717) is 11.0 Å². The van der Waals surface area contributed by atoms with Crippen molar-refractivity contribution in [2.75, 3.05) is 5.32 Å². The number of anilines is 1. The van der Waals surface area contributed by atoms with E-state index in [1.807, 2.05) is 0 Å². The molecule has 2 N–H and O–H groups in total. The topological polar surface area (TPSA) is 88.0 Å². The number of non-ortho nitro benzene ring substituents is 1. The van der Waals surface area contributed by atoms with Gasteiger partial charge in [-0.3, -0.25) is 14.9 Å². The van der Waals surface area contributed by atoms with Gasteiger partial charge >= 0.3 is 4.87 Å². The lowest BCUT2D eigenvalue weighted by Gasteiger charge is -2.06. The molecular formula is C10H8BrN3O3S. The molecule has 8 heteroatoms. The van der Waals surface area contributed by atoms with E-state index in [9.17, 15) is 14.9 Å².